The number of hydrogen-bond donors (Lipinski definition) is 1. The van der Waals surface area contributed by atoms with Gasteiger partial charge in [0.25, 0.3) is 0 Å². The molecule has 0 radical (unpaired) electrons. The molecule has 0 amide bonds. The molecule has 0 aromatic heterocycles. The summed E-state index contributed by atoms with van der Waals surface area (Å²) in [5, 5.41) is 4.46. The van der Waals surface area contributed by atoms with Crippen molar-refractivity contribution in [3.05, 3.63) is 28.2 Å². The molecule has 1 aliphatic rings. The molecule has 0 aliphatic heterocycles. The first-order valence-electron chi connectivity index (χ1n) is 7.13. The molecule has 112 valence electrons. The fraction of sp³-hybridized carbons (Fsp3) is 0.600. The first-order valence-corrected chi connectivity index (χ1v) is 7.88. The quantitative estimate of drug-likeness (QED) is 0.826. The zero-order valence-corrected chi connectivity index (χ0v) is 13.4. The smallest absolute Gasteiger partial charge is 0.139 e. The van der Waals surface area contributed by atoms with E-state index < -0.39 is 0 Å². The van der Waals surface area contributed by atoms with Crippen LogP contribution in [0.1, 0.15) is 26.7 Å². The van der Waals surface area contributed by atoms with E-state index in [2.05, 4.69) is 12.2 Å². The third-order valence-corrected chi connectivity index (χ3v) is 4.26. The molecular formula is C15H21Cl2NO2. The normalized spacial score (nSPS) is 25.3. The summed E-state index contributed by atoms with van der Waals surface area (Å²) in [5.74, 6) is 0.628. The van der Waals surface area contributed by atoms with E-state index >= 15 is 0 Å². The standard InChI is InChI=1S/C15H21Cl2NO2/c1-3-8-18-11-9-13(15(11)19-4-2)20-12-7-5-6-10(16)14(12)17/h5-7,11,13,15,18H,3-4,8-9H2,1-2H3. The molecule has 1 N–H and O–H groups in total. The Labute approximate surface area is 130 Å². The number of hydrogen-bond acceptors (Lipinski definition) is 3. The number of nitrogens with one attached hydrogen (secondary N) is 1. The van der Waals surface area contributed by atoms with Gasteiger partial charge in [-0.25, -0.2) is 0 Å². The van der Waals surface area contributed by atoms with Crippen LogP contribution in [0.3, 0.4) is 0 Å². The first-order chi connectivity index (χ1) is 9.67. The van der Waals surface area contributed by atoms with Crippen LogP contribution < -0.4 is 10.1 Å². The maximum Gasteiger partial charge on any atom is 0.139 e. The minimum absolute atomic E-state index is 0.0280. The molecule has 5 heteroatoms. The number of benzene rings is 1. The SMILES string of the molecule is CCCNC1CC(Oc2cccc(Cl)c2Cl)C1OCC. The third kappa shape index (κ3) is 3.59. The van der Waals surface area contributed by atoms with Gasteiger partial charge in [0.2, 0.25) is 0 Å². The fourth-order valence-electron chi connectivity index (χ4n) is 2.38. The molecule has 3 atom stereocenters. The van der Waals surface area contributed by atoms with Gasteiger partial charge in [0.05, 0.1) is 5.02 Å². The highest BCUT2D eigenvalue weighted by molar-refractivity contribution is 6.42. The summed E-state index contributed by atoms with van der Waals surface area (Å²) in [4.78, 5) is 0. The minimum atomic E-state index is 0.0280. The summed E-state index contributed by atoms with van der Waals surface area (Å²) in [5.41, 5.74) is 0. The molecule has 1 aromatic rings. The lowest BCUT2D eigenvalue weighted by Crippen LogP contribution is -2.61. The van der Waals surface area contributed by atoms with Gasteiger partial charge < -0.3 is 14.8 Å². The molecule has 20 heavy (non-hydrogen) atoms. The summed E-state index contributed by atoms with van der Waals surface area (Å²) >= 11 is 12.1. The Morgan fingerprint density at radius 2 is 2.10 bits per heavy atom. The molecular weight excluding hydrogens is 297 g/mol. The molecule has 1 aliphatic carbocycles. The maximum atomic E-state index is 6.15. The van der Waals surface area contributed by atoms with E-state index in [1.54, 1.807) is 6.07 Å². The van der Waals surface area contributed by atoms with E-state index in [-0.39, 0.29) is 12.2 Å². The van der Waals surface area contributed by atoms with Crippen molar-refractivity contribution in [2.45, 2.75) is 44.9 Å². The second-order valence-corrected chi connectivity index (χ2v) is 5.71. The van der Waals surface area contributed by atoms with E-state index in [1.807, 2.05) is 19.1 Å². The predicted octanol–water partition coefficient (Wildman–Crippen LogP) is 3.92. The van der Waals surface area contributed by atoms with E-state index in [0.717, 1.165) is 19.4 Å². The van der Waals surface area contributed by atoms with Gasteiger partial charge >= 0.3 is 0 Å². The summed E-state index contributed by atoms with van der Waals surface area (Å²) in [6.45, 7) is 5.83. The van der Waals surface area contributed by atoms with Crippen LogP contribution in [0.25, 0.3) is 0 Å². The second kappa shape index (κ2) is 7.51. The average molecular weight is 318 g/mol. The van der Waals surface area contributed by atoms with Crippen LogP contribution in [-0.2, 0) is 4.74 Å². The number of rotatable bonds is 7. The molecule has 3 nitrogen and oxygen atoms in total. The number of ether oxygens (including phenoxy) is 2. The van der Waals surface area contributed by atoms with Crippen LogP contribution in [0.4, 0.5) is 0 Å². The van der Waals surface area contributed by atoms with Crippen LogP contribution in [0.15, 0.2) is 18.2 Å². The van der Waals surface area contributed by atoms with Crippen molar-refractivity contribution in [1.29, 1.82) is 0 Å². The lowest BCUT2D eigenvalue weighted by atomic mass is 9.85. The van der Waals surface area contributed by atoms with Crippen LogP contribution in [0.2, 0.25) is 10.0 Å². The van der Waals surface area contributed by atoms with Gasteiger partial charge in [-0.15, -0.1) is 0 Å². The highest BCUT2D eigenvalue weighted by Crippen LogP contribution is 2.36. The van der Waals surface area contributed by atoms with Gasteiger partial charge in [-0.1, -0.05) is 36.2 Å². The Morgan fingerprint density at radius 1 is 1.30 bits per heavy atom. The van der Waals surface area contributed by atoms with Crippen molar-refractivity contribution >= 4 is 23.2 Å². The molecule has 0 bridgehead atoms. The van der Waals surface area contributed by atoms with Crippen LogP contribution in [0.5, 0.6) is 5.75 Å². The molecule has 1 aromatic carbocycles. The van der Waals surface area contributed by atoms with Crippen molar-refractivity contribution in [2.75, 3.05) is 13.2 Å². The van der Waals surface area contributed by atoms with Gasteiger partial charge in [0.1, 0.15) is 23.0 Å². The van der Waals surface area contributed by atoms with E-state index in [1.165, 1.54) is 0 Å². The van der Waals surface area contributed by atoms with Crippen molar-refractivity contribution < 1.29 is 9.47 Å². The highest BCUT2D eigenvalue weighted by Gasteiger charge is 2.43. The Morgan fingerprint density at radius 3 is 2.80 bits per heavy atom. The summed E-state index contributed by atoms with van der Waals surface area (Å²) < 4.78 is 11.7. The number of halogens is 2. The van der Waals surface area contributed by atoms with Crippen LogP contribution >= 0.6 is 23.2 Å². The van der Waals surface area contributed by atoms with Crippen molar-refractivity contribution in [1.82, 2.24) is 5.32 Å². The molecule has 3 unspecified atom stereocenters. The fourth-order valence-corrected chi connectivity index (χ4v) is 2.72. The summed E-state index contributed by atoms with van der Waals surface area (Å²) in [7, 11) is 0. The predicted molar refractivity (Wildman–Crippen MR) is 83.0 cm³/mol. The van der Waals surface area contributed by atoms with Gasteiger partial charge in [0.15, 0.2) is 0 Å². The van der Waals surface area contributed by atoms with Crippen molar-refractivity contribution in [3.63, 3.8) is 0 Å². The topological polar surface area (TPSA) is 30.5 Å². The van der Waals surface area contributed by atoms with Gasteiger partial charge in [-0.05, 0) is 32.0 Å². The van der Waals surface area contributed by atoms with Crippen LogP contribution in [-0.4, -0.2) is 31.4 Å². The first kappa shape index (κ1) is 15.9. The van der Waals surface area contributed by atoms with Crippen LogP contribution in [0, 0.1) is 0 Å². The zero-order chi connectivity index (χ0) is 14.5. The van der Waals surface area contributed by atoms with E-state index in [0.29, 0.717) is 28.4 Å². The van der Waals surface area contributed by atoms with Gasteiger partial charge in [0, 0.05) is 19.1 Å². The Balaban J connectivity index is 1.97. The van der Waals surface area contributed by atoms with Crippen molar-refractivity contribution in [2.24, 2.45) is 0 Å². The van der Waals surface area contributed by atoms with Gasteiger partial charge in [-0.3, -0.25) is 0 Å². The lowest BCUT2D eigenvalue weighted by molar-refractivity contribution is -0.104. The average Bonchev–Trinajstić information content (AvgIpc) is 2.43. The lowest BCUT2D eigenvalue weighted by Gasteiger charge is -2.44. The molecule has 2 rings (SSSR count). The minimum Gasteiger partial charge on any atom is -0.486 e. The monoisotopic (exact) mass is 317 g/mol. The van der Waals surface area contributed by atoms with Gasteiger partial charge in [-0.2, -0.15) is 0 Å². The zero-order valence-electron chi connectivity index (χ0n) is 11.9. The highest BCUT2D eigenvalue weighted by atomic mass is 35.5. The Hall–Kier alpha value is -0.480. The molecule has 0 saturated heterocycles. The largest absolute Gasteiger partial charge is 0.486 e. The summed E-state index contributed by atoms with van der Waals surface area (Å²) in [6.07, 6.45) is 2.14. The summed E-state index contributed by atoms with van der Waals surface area (Å²) in [6, 6.07) is 5.79. The van der Waals surface area contributed by atoms with E-state index in [9.17, 15) is 0 Å². The Kier molecular flexibility index (Phi) is 5.97. The molecule has 0 spiro atoms. The maximum absolute atomic E-state index is 6.15. The Bertz CT molecular complexity index is 442. The van der Waals surface area contributed by atoms with Crippen molar-refractivity contribution in [3.8, 4) is 5.75 Å². The molecule has 1 saturated carbocycles. The molecule has 0 heterocycles. The third-order valence-electron chi connectivity index (χ3n) is 3.46. The molecule has 1 fully saturated rings. The van der Waals surface area contributed by atoms with E-state index in [4.69, 9.17) is 32.7 Å². The second-order valence-electron chi connectivity index (χ2n) is 4.92.